The van der Waals surface area contributed by atoms with Crippen molar-refractivity contribution < 1.29 is 14.2 Å². The van der Waals surface area contributed by atoms with Gasteiger partial charge in [0.1, 0.15) is 6.61 Å². The van der Waals surface area contributed by atoms with E-state index in [9.17, 15) is 0 Å². The normalized spacial score (nSPS) is 10.5. The molecule has 0 aliphatic rings. The Balaban J connectivity index is 2.26. The first-order valence-corrected chi connectivity index (χ1v) is 6.80. The molecule has 0 radical (unpaired) electrons. The van der Waals surface area contributed by atoms with Gasteiger partial charge in [0.05, 0.1) is 32.4 Å². The first kappa shape index (κ1) is 15.2. The van der Waals surface area contributed by atoms with Gasteiger partial charge in [0.2, 0.25) is 5.75 Å². The first-order valence-electron chi connectivity index (χ1n) is 6.80. The minimum absolute atomic E-state index is 0.391. The average Bonchev–Trinajstić information content (AvgIpc) is 2.99. The highest BCUT2D eigenvalue weighted by molar-refractivity contribution is 5.53. The Hall–Kier alpha value is -2.21. The highest BCUT2D eigenvalue weighted by atomic mass is 16.5. The fourth-order valence-corrected chi connectivity index (χ4v) is 2.09. The smallest absolute Gasteiger partial charge is 0.203 e. The molecule has 0 aliphatic carbocycles. The van der Waals surface area contributed by atoms with E-state index < -0.39 is 0 Å². The summed E-state index contributed by atoms with van der Waals surface area (Å²) in [5, 5.41) is 0. The fraction of sp³-hybridized carbons (Fsp3) is 0.400. The molecular formula is C15H21N3O3. The summed E-state index contributed by atoms with van der Waals surface area (Å²) in [6.45, 7) is 3.71. The van der Waals surface area contributed by atoms with Crippen molar-refractivity contribution in [3.8, 4) is 17.2 Å². The standard InChI is InChI=1S/C15H21N3O3/c1-4-18-10-17-8-12(18)9-21-15-13(19-2)5-11(7-16)6-14(15)20-3/h5-6,8,10H,4,7,9,16H2,1-3H3. The van der Waals surface area contributed by atoms with E-state index in [1.807, 2.05) is 16.7 Å². The van der Waals surface area contributed by atoms with Gasteiger partial charge in [-0.05, 0) is 24.6 Å². The van der Waals surface area contributed by atoms with Crippen molar-refractivity contribution in [3.63, 3.8) is 0 Å². The third-order valence-electron chi connectivity index (χ3n) is 3.26. The van der Waals surface area contributed by atoms with Crippen LogP contribution in [0.15, 0.2) is 24.7 Å². The number of aromatic nitrogens is 2. The van der Waals surface area contributed by atoms with Crippen LogP contribution < -0.4 is 19.9 Å². The molecular weight excluding hydrogens is 270 g/mol. The lowest BCUT2D eigenvalue weighted by atomic mass is 10.2. The number of nitrogens with zero attached hydrogens (tertiary/aromatic N) is 2. The van der Waals surface area contributed by atoms with E-state index >= 15 is 0 Å². The maximum atomic E-state index is 5.88. The lowest BCUT2D eigenvalue weighted by Crippen LogP contribution is -2.06. The van der Waals surface area contributed by atoms with Gasteiger partial charge in [-0.1, -0.05) is 0 Å². The Kier molecular flexibility index (Phi) is 5.05. The molecule has 1 aromatic heterocycles. The summed E-state index contributed by atoms with van der Waals surface area (Å²) in [5.41, 5.74) is 7.59. The third-order valence-corrected chi connectivity index (χ3v) is 3.26. The molecule has 0 bridgehead atoms. The second-order valence-corrected chi connectivity index (χ2v) is 4.49. The lowest BCUT2D eigenvalue weighted by molar-refractivity contribution is 0.259. The van der Waals surface area contributed by atoms with Gasteiger partial charge in [0, 0.05) is 13.1 Å². The van der Waals surface area contributed by atoms with E-state index in [2.05, 4.69) is 11.9 Å². The molecule has 6 nitrogen and oxygen atoms in total. The molecule has 0 saturated carbocycles. The molecule has 1 heterocycles. The van der Waals surface area contributed by atoms with Crippen LogP contribution in [0, 0.1) is 0 Å². The van der Waals surface area contributed by atoms with Crippen molar-refractivity contribution in [2.75, 3.05) is 14.2 Å². The van der Waals surface area contributed by atoms with Crippen LogP contribution in [0.25, 0.3) is 0 Å². The number of nitrogens with two attached hydrogens (primary N) is 1. The predicted molar refractivity (Wildman–Crippen MR) is 79.7 cm³/mol. The molecule has 0 saturated heterocycles. The first-order chi connectivity index (χ1) is 10.2. The van der Waals surface area contributed by atoms with Crippen LogP contribution in [-0.2, 0) is 19.7 Å². The molecule has 21 heavy (non-hydrogen) atoms. The minimum Gasteiger partial charge on any atom is -0.493 e. The Morgan fingerprint density at radius 2 is 1.86 bits per heavy atom. The Bertz CT molecular complexity index is 571. The van der Waals surface area contributed by atoms with Crippen LogP contribution in [0.2, 0.25) is 0 Å². The van der Waals surface area contributed by atoms with Crippen LogP contribution in [0.4, 0.5) is 0 Å². The summed E-state index contributed by atoms with van der Waals surface area (Å²) in [5.74, 6) is 1.79. The molecule has 6 heteroatoms. The fourth-order valence-electron chi connectivity index (χ4n) is 2.09. The zero-order chi connectivity index (χ0) is 15.2. The Morgan fingerprint density at radius 3 is 2.38 bits per heavy atom. The maximum Gasteiger partial charge on any atom is 0.203 e. The number of ether oxygens (including phenoxy) is 3. The lowest BCUT2D eigenvalue weighted by Gasteiger charge is -2.16. The quantitative estimate of drug-likeness (QED) is 0.844. The number of imidazole rings is 1. The highest BCUT2D eigenvalue weighted by Crippen LogP contribution is 2.38. The van der Waals surface area contributed by atoms with Gasteiger partial charge in [-0.15, -0.1) is 0 Å². The minimum atomic E-state index is 0.391. The molecule has 0 aliphatic heterocycles. The summed E-state index contributed by atoms with van der Waals surface area (Å²) >= 11 is 0. The summed E-state index contributed by atoms with van der Waals surface area (Å²) in [6.07, 6.45) is 3.57. The van der Waals surface area contributed by atoms with E-state index in [1.165, 1.54) is 0 Å². The van der Waals surface area contributed by atoms with E-state index in [4.69, 9.17) is 19.9 Å². The SMILES string of the molecule is CCn1cncc1COc1c(OC)cc(CN)cc1OC. The molecule has 1 aromatic carbocycles. The van der Waals surface area contributed by atoms with E-state index in [1.54, 1.807) is 26.7 Å². The topological polar surface area (TPSA) is 71.5 Å². The van der Waals surface area contributed by atoms with Crippen molar-refractivity contribution in [2.24, 2.45) is 5.73 Å². The Morgan fingerprint density at radius 1 is 1.19 bits per heavy atom. The molecule has 0 amide bonds. The van der Waals surface area contributed by atoms with Gasteiger partial charge >= 0.3 is 0 Å². The van der Waals surface area contributed by atoms with Crippen LogP contribution in [-0.4, -0.2) is 23.8 Å². The number of rotatable bonds is 7. The van der Waals surface area contributed by atoms with E-state index in [-0.39, 0.29) is 0 Å². The van der Waals surface area contributed by atoms with Gasteiger partial charge in [-0.3, -0.25) is 0 Å². The third kappa shape index (κ3) is 3.28. The van der Waals surface area contributed by atoms with Crippen molar-refractivity contribution in [1.29, 1.82) is 0 Å². The number of benzene rings is 1. The molecule has 2 aromatic rings. The summed E-state index contributed by atoms with van der Waals surface area (Å²) in [4.78, 5) is 4.12. The molecule has 0 unspecified atom stereocenters. The summed E-state index contributed by atoms with van der Waals surface area (Å²) < 4.78 is 18.7. The molecule has 2 N–H and O–H groups in total. The highest BCUT2D eigenvalue weighted by Gasteiger charge is 2.14. The number of aryl methyl sites for hydroxylation is 1. The summed E-state index contributed by atoms with van der Waals surface area (Å²) in [6, 6.07) is 3.71. The number of hydrogen-bond donors (Lipinski definition) is 1. The predicted octanol–water partition coefficient (Wildman–Crippen LogP) is 1.96. The van der Waals surface area contributed by atoms with Gasteiger partial charge in [-0.25, -0.2) is 4.98 Å². The van der Waals surface area contributed by atoms with Crippen molar-refractivity contribution in [2.45, 2.75) is 26.6 Å². The van der Waals surface area contributed by atoms with Gasteiger partial charge in [0.15, 0.2) is 11.5 Å². The van der Waals surface area contributed by atoms with Gasteiger partial charge in [0.25, 0.3) is 0 Å². The van der Waals surface area contributed by atoms with Crippen molar-refractivity contribution in [1.82, 2.24) is 9.55 Å². The molecule has 0 atom stereocenters. The molecule has 0 spiro atoms. The zero-order valence-corrected chi connectivity index (χ0v) is 12.6. The van der Waals surface area contributed by atoms with Crippen LogP contribution in [0.5, 0.6) is 17.2 Å². The van der Waals surface area contributed by atoms with Crippen LogP contribution >= 0.6 is 0 Å². The van der Waals surface area contributed by atoms with Gasteiger partial charge in [-0.2, -0.15) is 0 Å². The van der Waals surface area contributed by atoms with Crippen LogP contribution in [0.1, 0.15) is 18.2 Å². The number of methoxy groups -OCH3 is 2. The number of hydrogen-bond acceptors (Lipinski definition) is 5. The molecule has 0 fully saturated rings. The zero-order valence-electron chi connectivity index (χ0n) is 12.6. The second kappa shape index (κ2) is 6.99. The molecule has 114 valence electrons. The average molecular weight is 291 g/mol. The summed E-state index contributed by atoms with van der Waals surface area (Å²) in [7, 11) is 3.19. The van der Waals surface area contributed by atoms with Crippen molar-refractivity contribution >= 4 is 0 Å². The largest absolute Gasteiger partial charge is 0.493 e. The molecule has 2 rings (SSSR count). The van der Waals surface area contributed by atoms with Crippen molar-refractivity contribution in [3.05, 3.63) is 35.9 Å². The Labute approximate surface area is 124 Å². The monoisotopic (exact) mass is 291 g/mol. The van der Waals surface area contributed by atoms with E-state index in [0.29, 0.717) is 30.4 Å². The van der Waals surface area contributed by atoms with Crippen LogP contribution in [0.3, 0.4) is 0 Å². The second-order valence-electron chi connectivity index (χ2n) is 4.49. The maximum absolute atomic E-state index is 5.88. The van der Waals surface area contributed by atoms with E-state index in [0.717, 1.165) is 17.8 Å². The van der Waals surface area contributed by atoms with Gasteiger partial charge < -0.3 is 24.5 Å².